The van der Waals surface area contributed by atoms with Crippen LogP contribution in [0.15, 0.2) is 42.5 Å². The van der Waals surface area contributed by atoms with Crippen LogP contribution in [-0.4, -0.2) is 17.7 Å². The highest BCUT2D eigenvalue weighted by Gasteiger charge is 2.16. The van der Waals surface area contributed by atoms with Crippen molar-refractivity contribution in [3.8, 4) is 0 Å². The Hall–Kier alpha value is -2.16. The molecule has 3 nitrogen and oxygen atoms in total. The molecule has 0 saturated carbocycles. The lowest BCUT2D eigenvalue weighted by atomic mass is 10.00. The number of carbonyl (C=O) groups excluding carboxylic acids is 2. The van der Waals surface area contributed by atoms with Gasteiger partial charge >= 0.3 is 0 Å². The SMILES string of the molecule is CCC(=O)NC(Cc1ccc2ccccc2c1)C(C)=O. The summed E-state index contributed by atoms with van der Waals surface area (Å²) in [7, 11) is 0. The van der Waals surface area contributed by atoms with E-state index in [1.807, 2.05) is 30.3 Å². The van der Waals surface area contributed by atoms with Crippen molar-refractivity contribution < 1.29 is 9.59 Å². The zero-order valence-electron chi connectivity index (χ0n) is 11.8. The van der Waals surface area contributed by atoms with Crippen molar-refractivity contribution in [2.24, 2.45) is 0 Å². The molecule has 0 heterocycles. The van der Waals surface area contributed by atoms with Crippen molar-refractivity contribution in [1.29, 1.82) is 0 Å². The summed E-state index contributed by atoms with van der Waals surface area (Å²) < 4.78 is 0. The van der Waals surface area contributed by atoms with Gasteiger partial charge in [0.05, 0.1) is 6.04 Å². The van der Waals surface area contributed by atoms with Crippen molar-refractivity contribution in [1.82, 2.24) is 5.32 Å². The van der Waals surface area contributed by atoms with Crippen molar-refractivity contribution in [2.45, 2.75) is 32.7 Å². The quantitative estimate of drug-likeness (QED) is 0.907. The van der Waals surface area contributed by atoms with E-state index in [1.54, 1.807) is 6.92 Å². The Kier molecular flexibility index (Phi) is 4.51. The van der Waals surface area contributed by atoms with Crippen LogP contribution in [0.3, 0.4) is 0 Å². The molecule has 0 radical (unpaired) electrons. The summed E-state index contributed by atoms with van der Waals surface area (Å²) in [5, 5.41) is 5.10. The Morgan fingerprint density at radius 1 is 1.10 bits per heavy atom. The van der Waals surface area contributed by atoms with Gasteiger partial charge < -0.3 is 5.32 Å². The number of benzene rings is 2. The lowest BCUT2D eigenvalue weighted by Crippen LogP contribution is -2.40. The van der Waals surface area contributed by atoms with Gasteiger partial charge in [0, 0.05) is 6.42 Å². The van der Waals surface area contributed by atoms with E-state index in [-0.39, 0.29) is 11.7 Å². The Labute approximate surface area is 119 Å². The monoisotopic (exact) mass is 269 g/mol. The molecular formula is C17H19NO2. The molecule has 1 unspecified atom stereocenters. The van der Waals surface area contributed by atoms with Crippen LogP contribution in [0.5, 0.6) is 0 Å². The minimum atomic E-state index is -0.441. The molecule has 104 valence electrons. The van der Waals surface area contributed by atoms with Gasteiger partial charge in [0.1, 0.15) is 0 Å². The number of nitrogens with one attached hydrogen (secondary N) is 1. The van der Waals surface area contributed by atoms with Crippen LogP contribution in [0.1, 0.15) is 25.8 Å². The summed E-state index contributed by atoms with van der Waals surface area (Å²) in [6.07, 6.45) is 0.924. The third-order valence-corrected chi connectivity index (χ3v) is 3.40. The molecule has 1 N–H and O–H groups in total. The topological polar surface area (TPSA) is 46.2 Å². The van der Waals surface area contributed by atoms with Crippen molar-refractivity contribution >= 4 is 22.5 Å². The zero-order chi connectivity index (χ0) is 14.5. The lowest BCUT2D eigenvalue weighted by molar-refractivity contribution is -0.126. The van der Waals surface area contributed by atoms with Crippen LogP contribution < -0.4 is 5.32 Å². The summed E-state index contributed by atoms with van der Waals surface area (Å²) in [6, 6.07) is 13.8. The van der Waals surface area contributed by atoms with Gasteiger partial charge in [-0.1, -0.05) is 49.4 Å². The number of fused-ring (bicyclic) bond motifs is 1. The predicted molar refractivity (Wildman–Crippen MR) is 80.6 cm³/mol. The van der Waals surface area contributed by atoms with Gasteiger partial charge in [-0.2, -0.15) is 0 Å². The molecule has 0 aliphatic carbocycles. The molecule has 0 saturated heterocycles. The maximum Gasteiger partial charge on any atom is 0.220 e. The first-order valence-corrected chi connectivity index (χ1v) is 6.87. The molecule has 3 heteroatoms. The largest absolute Gasteiger partial charge is 0.346 e. The molecule has 20 heavy (non-hydrogen) atoms. The second kappa shape index (κ2) is 6.33. The third-order valence-electron chi connectivity index (χ3n) is 3.40. The average Bonchev–Trinajstić information content (AvgIpc) is 2.46. The molecule has 2 aromatic carbocycles. The van der Waals surface area contributed by atoms with Gasteiger partial charge in [0.2, 0.25) is 5.91 Å². The van der Waals surface area contributed by atoms with Crippen LogP contribution in [0.2, 0.25) is 0 Å². The fourth-order valence-corrected chi connectivity index (χ4v) is 2.19. The molecule has 0 bridgehead atoms. The Morgan fingerprint density at radius 3 is 2.45 bits per heavy atom. The maximum absolute atomic E-state index is 11.6. The molecule has 0 spiro atoms. The van der Waals surface area contributed by atoms with Crippen molar-refractivity contribution in [2.75, 3.05) is 0 Å². The lowest BCUT2D eigenvalue weighted by Gasteiger charge is -2.16. The van der Waals surface area contributed by atoms with Crippen molar-refractivity contribution in [3.05, 3.63) is 48.0 Å². The van der Waals surface area contributed by atoms with Crippen LogP contribution >= 0.6 is 0 Å². The number of Topliss-reactive ketones (excluding diaryl/α,β-unsaturated/α-hetero) is 1. The minimum Gasteiger partial charge on any atom is -0.346 e. The first kappa shape index (κ1) is 14.3. The number of carbonyl (C=O) groups is 2. The highest BCUT2D eigenvalue weighted by Crippen LogP contribution is 2.16. The summed E-state index contributed by atoms with van der Waals surface area (Å²) in [5.41, 5.74) is 1.06. The van der Waals surface area contributed by atoms with E-state index in [1.165, 1.54) is 12.3 Å². The van der Waals surface area contributed by atoms with Gasteiger partial charge in [-0.25, -0.2) is 0 Å². The standard InChI is InChI=1S/C17H19NO2/c1-3-17(20)18-16(12(2)19)11-13-8-9-14-6-4-5-7-15(14)10-13/h4-10,16H,3,11H2,1-2H3,(H,18,20). The zero-order valence-corrected chi connectivity index (χ0v) is 11.8. The fourth-order valence-electron chi connectivity index (χ4n) is 2.19. The van der Waals surface area contributed by atoms with E-state index >= 15 is 0 Å². The van der Waals surface area contributed by atoms with E-state index in [2.05, 4.69) is 17.4 Å². The van der Waals surface area contributed by atoms with Crippen molar-refractivity contribution in [3.63, 3.8) is 0 Å². The van der Waals surface area contributed by atoms with Crippen LogP contribution in [0, 0.1) is 0 Å². The van der Waals surface area contributed by atoms with E-state index < -0.39 is 6.04 Å². The van der Waals surface area contributed by atoms with E-state index in [9.17, 15) is 9.59 Å². The van der Waals surface area contributed by atoms with Gasteiger partial charge in [-0.15, -0.1) is 0 Å². The molecule has 0 aliphatic rings. The molecule has 2 rings (SSSR count). The van der Waals surface area contributed by atoms with Gasteiger partial charge in [0.25, 0.3) is 0 Å². The predicted octanol–water partition coefficient (Wildman–Crippen LogP) is 2.87. The van der Waals surface area contributed by atoms with E-state index in [4.69, 9.17) is 0 Å². The Morgan fingerprint density at radius 2 is 1.80 bits per heavy atom. The fraction of sp³-hybridized carbons (Fsp3) is 0.294. The summed E-state index contributed by atoms with van der Waals surface area (Å²) in [6.45, 7) is 3.30. The van der Waals surface area contributed by atoms with E-state index in [0.717, 1.165) is 10.9 Å². The second-order valence-electron chi connectivity index (χ2n) is 4.97. The van der Waals surface area contributed by atoms with Crippen LogP contribution in [0.25, 0.3) is 10.8 Å². The first-order chi connectivity index (χ1) is 9.60. The first-order valence-electron chi connectivity index (χ1n) is 6.87. The smallest absolute Gasteiger partial charge is 0.220 e. The number of ketones is 1. The number of hydrogen-bond donors (Lipinski definition) is 1. The molecule has 1 amide bonds. The van der Waals surface area contributed by atoms with Crippen LogP contribution in [0.4, 0.5) is 0 Å². The van der Waals surface area contributed by atoms with E-state index in [0.29, 0.717) is 12.8 Å². The summed E-state index contributed by atoms with van der Waals surface area (Å²) in [4.78, 5) is 23.1. The van der Waals surface area contributed by atoms with Gasteiger partial charge in [-0.3, -0.25) is 9.59 Å². The number of hydrogen-bond acceptors (Lipinski definition) is 2. The molecule has 0 fully saturated rings. The number of rotatable bonds is 5. The minimum absolute atomic E-state index is 0.0139. The highest BCUT2D eigenvalue weighted by molar-refractivity contribution is 5.88. The molecule has 1 atom stereocenters. The maximum atomic E-state index is 11.6. The average molecular weight is 269 g/mol. The Balaban J connectivity index is 2.19. The third kappa shape index (κ3) is 3.44. The van der Waals surface area contributed by atoms with Gasteiger partial charge in [0.15, 0.2) is 5.78 Å². The number of amides is 1. The second-order valence-corrected chi connectivity index (χ2v) is 4.97. The molecule has 0 aliphatic heterocycles. The van der Waals surface area contributed by atoms with Crippen LogP contribution in [-0.2, 0) is 16.0 Å². The molecular weight excluding hydrogens is 250 g/mol. The van der Waals surface area contributed by atoms with Gasteiger partial charge in [-0.05, 0) is 29.7 Å². The molecule has 0 aromatic heterocycles. The normalized spacial score (nSPS) is 12.1. The Bertz CT molecular complexity index is 634. The highest BCUT2D eigenvalue weighted by atomic mass is 16.2. The summed E-state index contributed by atoms with van der Waals surface area (Å²) in [5.74, 6) is -0.106. The summed E-state index contributed by atoms with van der Waals surface area (Å²) >= 11 is 0. The molecule has 2 aromatic rings.